The van der Waals surface area contributed by atoms with Crippen LogP contribution in [0.15, 0.2) is 24.4 Å². The Balaban J connectivity index is 1.92. The van der Waals surface area contributed by atoms with Crippen molar-refractivity contribution >= 4 is 46.2 Å². The van der Waals surface area contributed by atoms with E-state index >= 15 is 0 Å². The first-order chi connectivity index (χ1) is 9.45. The third kappa shape index (κ3) is 3.85. The maximum absolute atomic E-state index is 5.95. The predicted octanol–water partition coefficient (Wildman–Crippen LogP) is 3.52. The van der Waals surface area contributed by atoms with Crippen molar-refractivity contribution in [3.8, 4) is 0 Å². The standard InChI is InChI=1S/C13H14Cl2N4S/c1-8-9(7-19(2)18-8)6-16-13(20)17-10-3-4-11(14)12(15)5-10/h3-5,7H,6H2,1-2H3,(H2,16,17,20). The number of aryl methyl sites for hydroxylation is 2. The van der Waals surface area contributed by atoms with Gasteiger partial charge in [0.25, 0.3) is 0 Å². The average molecular weight is 329 g/mol. The van der Waals surface area contributed by atoms with E-state index in [9.17, 15) is 0 Å². The van der Waals surface area contributed by atoms with Crippen LogP contribution in [0.3, 0.4) is 0 Å². The minimum Gasteiger partial charge on any atom is -0.358 e. The van der Waals surface area contributed by atoms with E-state index in [4.69, 9.17) is 35.4 Å². The highest BCUT2D eigenvalue weighted by Gasteiger charge is 2.05. The Morgan fingerprint density at radius 3 is 2.70 bits per heavy atom. The van der Waals surface area contributed by atoms with Gasteiger partial charge in [-0.05, 0) is 37.3 Å². The van der Waals surface area contributed by atoms with E-state index in [1.807, 2.05) is 26.2 Å². The molecular weight excluding hydrogens is 315 g/mol. The van der Waals surface area contributed by atoms with Crippen LogP contribution in [0.2, 0.25) is 10.0 Å². The van der Waals surface area contributed by atoms with E-state index in [1.54, 1.807) is 16.8 Å². The molecule has 0 spiro atoms. The normalized spacial score (nSPS) is 10.4. The van der Waals surface area contributed by atoms with Crippen LogP contribution in [0.1, 0.15) is 11.3 Å². The van der Waals surface area contributed by atoms with Crippen molar-refractivity contribution in [3.63, 3.8) is 0 Å². The summed E-state index contributed by atoms with van der Waals surface area (Å²) in [5.74, 6) is 0. The zero-order valence-corrected chi connectivity index (χ0v) is 13.4. The van der Waals surface area contributed by atoms with E-state index in [1.165, 1.54) is 0 Å². The molecular formula is C13H14Cl2N4S. The average Bonchev–Trinajstić information content (AvgIpc) is 2.70. The van der Waals surface area contributed by atoms with Gasteiger partial charge in [-0.3, -0.25) is 4.68 Å². The molecule has 20 heavy (non-hydrogen) atoms. The van der Waals surface area contributed by atoms with Gasteiger partial charge in [0, 0.05) is 31.0 Å². The molecule has 0 bridgehead atoms. The number of aromatic nitrogens is 2. The van der Waals surface area contributed by atoms with Crippen molar-refractivity contribution in [1.29, 1.82) is 0 Å². The van der Waals surface area contributed by atoms with Gasteiger partial charge in [0.15, 0.2) is 5.11 Å². The van der Waals surface area contributed by atoms with E-state index in [2.05, 4.69) is 15.7 Å². The molecule has 0 fully saturated rings. The Bertz CT molecular complexity index is 639. The highest BCUT2D eigenvalue weighted by molar-refractivity contribution is 7.80. The highest BCUT2D eigenvalue weighted by Crippen LogP contribution is 2.24. The first-order valence-electron chi connectivity index (χ1n) is 5.94. The summed E-state index contributed by atoms with van der Waals surface area (Å²) in [4.78, 5) is 0. The number of rotatable bonds is 3. The monoisotopic (exact) mass is 328 g/mol. The number of nitrogens with one attached hydrogen (secondary N) is 2. The maximum atomic E-state index is 5.95. The summed E-state index contributed by atoms with van der Waals surface area (Å²) in [5, 5.41) is 12.0. The molecule has 0 aliphatic rings. The number of nitrogens with zero attached hydrogens (tertiary/aromatic N) is 2. The van der Waals surface area contributed by atoms with Gasteiger partial charge in [0.2, 0.25) is 0 Å². The van der Waals surface area contributed by atoms with Gasteiger partial charge in [0.05, 0.1) is 15.7 Å². The van der Waals surface area contributed by atoms with Crippen LogP contribution in [-0.2, 0) is 13.6 Å². The van der Waals surface area contributed by atoms with Gasteiger partial charge >= 0.3 is 0 Å². The summed E-state index contributed by atoms with van der Waals surface area (Å²) in [6, 6.07) is 5.27. The van der Waals surface area contributed by atoms with Gasteiger partial charge in [-0.25, -0.2) is 0 Å². The molecule has 0 aliphatic heterocycles. The molecule has 0 unspecified atom stereocenters. The summed E-state index contributed by atoms with van der Waals surface area (Å²) in [6.45, 7) is 2.58. The number of anilines is 1. The summed E-state index contributed by atoms with van der Waals surface area (Å²) in [6.07, 6.45) is 1.96. The minimum atomic E-state index is 0.488. The topological polar surface area (TPSA) is 41.9 Å². The van der Waals surface area contributed by atoms with Crippen molar-refractivity contribution in [2.45, 2.75) is 13.5 Å². The highest BCUT2D eigenvalue weighted by atomic mass is 35.5. The third-order valence-electron chi connectivity index (χ3n) is 2.73. The predicted molar refractivity (Wildman–Crippen MR) is 87.5 cm³/mol. The van der Waals surface area contributed by atoms with Crippen LogP contribution in [0.4, 0.5) is 5.69 Å². The number of halogens is 2. The van der Waals surface area contributed by atoms with Gasteiger partial charge in [-0.1, -0.05) is 23.2 Å². The third-order valence-corrected chi connectivity index (χ3v) is 3.72. The lowest BCUT2D eigenvalue weighted by atomic mass is 10.3. The lowest BCUT2D eigenvalue weighted by molar-refractivity contribution is 0.756. The smallest absolute Gasteiger partial charge is 0.171 e. The lowest BCUT2D eigenvalue weighted by Crippen LogP contribution is -2.28. The lowest BCUT2D eigenvalue weighted by Gasteiger charge is -2.10. The number of hydrogen-bond acceptors (Lipinski definition) is 2. The van der Waals surface area contributed by atoms with Crippen molar-refractivity contribution in [2.75, 3.05) is 5.32 Å². The zero-order valence-electron chi connectivity index (χ0n) is 11.1. The fourth-order valence-electron chi connectivity index (χ4n) is 1.75. The van der Waals surface area contributed by atoms with E-state index < -0.39 is 0 Å². The Kier molecular flexibility index (Phi) is 4.86. The first-order valence-corrected chi connectivity index (χ1v) is 7.11. The Morgan fingerprint density at radius 1 is 1.35 bits per heavy atom. The van der Waals surface area contributed by atoms with Crippen LogP contribution in [0, 0.1) is 6.92 Å². The quantitative estimate of drug-likeness (QED) is 0.846. The molecule has 2 N–H and O–H groups in total. The number of benzene rings is 1. The fraction of sp³-hybridized carbons (Fsp3) is 0.231. The van der Waals surface area contributed by atoms with Crippen LogP contribution >= 0.6 is 35.4 Å². The van der Waals surface area contributed by atoms with E-state index in [0.717, 1.165) is 16.9 Å². The molecule has 106 valence electrons. The first kappa shape index (κ1) is 15.1. The van der Waals surface area contributed by atoms with Gasteiger partial charge < -0.3 is 10.6 Å². The van der Waals surface area contributed by atoms with Crippen LogP contribution in [0.25, 0.3) is 0 Å². The molecule has 1 aromatic carbocycles. The fourth-order valence-corrected chi connectivity index (χ4v) is 2.23. The number of thiocarbonyl (C=S) groups is 1. The molecule has 7 heteroatoms. The van der Waals surface area contributed by atoms with Gasteiger partial charge in [-0.2, -0.15) is 5.10 Å². The molecule has 4 nitrogen and oxygen atoms in total. The van der Waals surface area contributed by atoms with Crippen molar-refractivity contribution in [2.24, 2.45) is 7.05 Å². The van der Waals surface area contributed by atoms with E-state index in [0.29, 0.717) is 21.7 Å². The summed E-state index contributed by atoms with van der Waals surface area (Å²) < 4.78 is 1.78. The van der Waals surface area contributed by atoms with Crippen molar-refractivity contribution in [1.82, 2.24) is 15.1 Å². The second-order valence-corrected chi connectivity index (χ2v) is 5.57. The minimum absolute atomic E-state index is 0.488. The molecule has 0 saturated carbocycles. The molecule has 0 amide bonds. The van der Waals surface area contributed by atoms with Crippen LogP contribution in [0.5, 0.6) is 0 Å². The summed E-state index contributed by atoms with van der Waals surface area (Å²) >= 11 is 17.0. The molecule has 2 rings (SSSR count). The molecule has 2 aromatic rings. The Hall–Kier alpha value is -1.30. The van der Waals surface area contributed by atoms with Gasteiger partial charge in [-0.15, -0.1) is 0 Å². The Labute approximate surface area is 133 Å². The summed E-state index contributed by atoms with van der Waals surface area (Å²) in [7, 11) is 1.89. The maximum Gasteiger partial charge on any atom is 0.171 e. The SMILES string of the molecule is Cc1nn(C)cc1CNC(=S)Nc1ccc(Cl)c(Cl)c1. The van der Waals surface area contributed by atoms with E-state index in [-0.39, 0.29) is 0 Å². The molecule has 1 heterocycles. The van der Waals surface area contributed by atoms with Crippen LogP contribution < -0.4 is 10.6 Å². The second kappa shape index (κ2) is 6.43. The molecule has 0 aliphatic carbocycles. The molecule has 0 atom stereocenters. The van der Waals surface area contributed by atoms with Crippen molar-refractivity contribution in [3.05, 3.63) is 45.7 Å². The zero-order chi connectivity index (χ0) is 14.7. The van der Waals surface area contributed by atoms with Gasteiger partial charge in [0.1, 0.15) is 0 Å². The Morgan fingerprint density at radius 2 is 2.10 bits per heavy atom. The summed E-state index contributed by atoms with van der Waals surface area (Å²) in [5.41, 5.74) is 2.88. The van der Waals surface area contributed by atoms with Crippen molar-refractivity contribution < 1.29 is 0 Å². The largest absolute Gasteiger partial charge is 0.358 e. The molecule has 0 radical (unpaired) electrons. The number of hydrogen-bond donors (Lipinski definition) is 2. The molecule has 1 aromatic heterocycles. The van der Waals surface area contributed by atoms with Crippen LogP contribution in [-0.4, -0.2) is 14.9 Å². The second-order valence-electron chi connectivity index (χ2n) is 4.35. The molecule has 0 saturated heterocycles.